The summed E-state index contributed by atoms with van der Waals surface area (Å²) in [6.45, 7) is 6.68. The van der Waals surface area contributed by atoms with Crippen LogP contribution in [0, 0.1) is 0 Å². The fraction of sp³-hybridized carbons (Fsp3) is 0.136. The summed E-state index contributed by atoms with van der Waals surface area (Å²) in [7, 11) is 0. The Morgan fingerprint density at radius 1 is 1.28 bits per heavy atom. The molecule has 0 aliphatic carbocycles. The first kappa shape index (κ1) is 18.9. The molecule has 0 N–H and O–H groups in total. The van der Waals surface area contributed by atoms with Crippen molar-refractivity contribution < 1.29 is 13.9 Å². The Bertz CT molecular complexity index is 1360. The molecule has 0 spiro atoms. The quantitative estimate of drug-likeness (QED) is 0.369. The summed E-state index contributed by atoms with van der Waals surface area (Å²) < 4.78 is 13.8. The number of carbonyl (C=O) groups is 1. The van der Waals surface area contributed by atoms with E-state index < -0.39 is 11.5 Å². The minimum absolute atomic E-state index is 0.101. The monoisotopic (exact) mass is 406 g/mol. The molecule has 6 nitrogen and oxygen atoms in total. The Morgan fingerprint density at radius 2 is 2.10 bits per heavy atom. The van der Waals surface area contributed by atoms with E-state index in [4.69, 9.17) is 9.15 Å². The Morgan fingerprint density at radius 3 is 2.90 bits per heavy atom. The first-order chi connectivity index (χ1) is 14.1. The Balaban J connectivity index is 1.90. The number of carbonyl (C=O) groups excluding carboxylic acids is 1. The molecule has 2 heterocycles. The highest BCUT2D eigenvalue weighted by atomic mass is 32.1. The number of benzene rings is 2. The fourth-order valence-corrected chi connectivity index (χ4v) is 4.17. The van der Waals surface area contributed by atoms with E-state index in [9.17, 15) is 9.59 Å². The molecule has 0 atom stereocenters. The lowest BCUT2D eigenvalue weighted by Crippen LogP contribution is -2.19. The number of fused-ring (bicyclic) bond motifs is 2. The van der Waals surface area contributed by atoms with E-state index in [1.165, 1.54) is 17.4 Å². The molecular weight excluding hydrogens is 388 g/mol. The molecule has 1 amide bonds. The van der Waals surface area contributed by atoms with Gasteiger partial charge in [-0.2, -0.15) is 4.99 Å². The van der Waals surface area contributed by atoms with Crippen LogP contribution in [0.25, 0.3) is 21.2 Å². The number of rotatable bonds is 5. The molecule has 0 unspecified atom stereocenters. The van der Waals surface area contributed by atoms with Gasteiger partial charge in [0.25, 0.3) is 5.91 Å². The Kier molecular flexibility index (Phi) is 5.14. The molecule has 0 fully saturated rings. The summed E-state index contributed by atoms with van der Waals surface area (Å²) in [5.41, 5.74) is 0.468. The molecule has 7 heteroatoms. The zero-order valence-electron chi connectivity index (χ0n) is 15.8. The number of nitrogens with zero attached hydrogens (tertiary/aromatic N) is 2. The lowest BCUT2D eigenvalue weighted by molar-refractivity contribution is 0.0994. The maximum atomic E-state index is 12.8. The third-order valence-corrected chi connectivity index (χ3v) is 5.39. The van der Waals surface area contributed by atoms with Crippen LogP contribution in [-0.4, -0.2) is 17.1 Å². The van der Waals surface area contributed by atoms with Crippen molar-refractivity contribution in [3.8, 4) is 5.75 Å². The second-order valence-electron chi connectivity index (χ2n) is 6.22. The zero-order chi connectivity index (χ0) is 20.4. The van der Waals surface area contributed by atoms with Crippen molar-refractivity contribution in [3.05, 3.63) is 82.0 Å². The Labute approximate surface area is 170 Å². The first-order valence-electron chi connectivity index (χ1n) is 9.10. The van der Waals surface area contributed by atoms with Gasteiger partial charge in [0.05, 0.1) is 11.3 Å². The van der Waals surface area contributed by atoms with Gasteiger partial charge >= 0.3 is 5.63 Å². The smallest absolute Gasteiger partial charge is 0.349 e. The molecule has 0 saturated heterocycles. The lowest BCUT2D eigenvalue weighted by Gasteiger charge is -2.07. The van der Waals surface area contributed by atoms with E-state index in [2.05, 4.69) is 11.6 Å². The van der Waals surface area contributed by atoms with Crippen molar-refractivity contribution in [2.45, 2.75) is 13.5 Å². The zero-order valence-corrected chi connectivity index (χ0v) is 16.6. The number of ether oxygens (including phenoxy) is 1. The molecule has 0 saturated carbocycles. The topological polar surface area (TPSA) is 73.8 Å². The van der Waals surface area contributed by atoms with Gasteiger partial charge in [-0.15, -0.1) is 6.58 Å². The third-order valence-electron chi connectivity index (χ3n) is 4.34. The van der Waals surface area contributed by atoms with Crippen molar-refractivity contribution in [1.82, 2.24) is 4.57 Å². The average molecular weight is 406 g/mol. The normalized spacial score (nSPS) is 11.8. The van der Waals surface area contributed by atoms with Crippen LogP contribution in [-0.2, 0) is 6.54 Å². The maximum absolute atomic E-state index is 12.8. The van der Waals surface area contributed by atoms with Gasteiger partial charge in [-0.3, -0.25) is 4.79 Å². The van der Waals surface area contributed by atoms with Gasteiger partial charge < -0.3 is 13.7 Å². The summed E-state index contributed by atoms with van der Waals surface area (Å²) in [5.74, 6) is 0.0639. The van der Waals surface area contributed by atoms with Crippen LogP contribution in [0.4, 0.5) is 0 Å². The van der Waals surface area contributed by atoms with Crippen LogP contribution in [0.5, 0.6) is 5.75 Å². The highest BCUT2D eigenvalue weighted by molar-refractivity contribution is 7.16. The molecule has 0 bridgehead atoms. The van der Waals surface area contributed by atoms with Crippen LogP contribution < -0.4 is 15.2 Å². The van der Waals surface area contributed by atoms with Crippen LogP contribution in [0.1, 0.15) is 17.3 Å². The molecule has 2 aromatic heterocycles. The predicted octanol–water partition coefficient (Wildman–Crippen LogP) is 4.14. The molecule has 4 aromatic rings. The van der Waals surface area contributed by atoms with E-state index in [-0.39, 0.29) is 5.56 Å². The number of hydrogen-bond acceptors (Lipinski definition) is 5. The lowest BCUT2D eigenvalue weighted by atomic mass is 10.2. The summed E-state index contributed by atoms with van der Waals surface area (Å²) in [5, 5.41) is 0.666. The van der Waals surface area contributed by atoms with Crippen molar-refractivity contribution in [2.24, 2.45) is 4.99 Å². The van der Waals surface area contributed by atoms with Crippen LogP contribution in [0.15, 0.2) is 75.4 Å². The number of amides is 1. The maximum Gasteiger partial charge on any atom is 0.349 e. The number of aromatic nitrogens is 1. The van der Waals surface area contributed by atoms with Gasteiger partial charge in [-0.25, -0.2) is 4.79 Å². The highest BCUT2D eigenvalue weighted by Crippen LogP contribution is 2.27. The van der Waals surface area contributed by atoms with Gasteiger partial charge in [0.1, 0.15) is 22.4 Å². The molecule has 146 valence electrons. The van der Waals surface area contributed by atoms with E-state index in [1.807, 2.05) is 35.8 Å². The van der Waals surface area contributed by atoms with Gasteiger partial charge in [0.2, 0.25) is 0 Å². The standard InChI is InChI=1S/C22H18N2O4S/c1-3-12-24-19-17(27-4-2)10-7-11-18(19)29-22(24)23-20(25)15-13-14-8-5-6-9-16(14)28-21(15)26/h3,5-11,13H,1,4,12H2,2H3. The van der Waals surface area contributed by atoms with Crippen LogP contribution in [0.2, 0.25) is 0 Å². The summed E-state index contributed by atoms with van der Waals surface area (Å²) in [4.78, 5) is 29.8. The van der Waals surface area contributed by atoms with Crippen molar-refractivity contribution in [2.75, 3.05) is 6.61 Å². The summed E-state index contributed by atoms with van der Waals surface area (Å²) in [6, 6.07) is 14.3. The number of thiazole rings is 1. The number of para-hydroxylation sites is 2. The van der Waals surface area contributed by atoms with Gasteiger partial charge in [-0.05, 0) is 31.2 Å². The fourth-order valence-electron chi connectivity index (χ4n) is 3.11. The Hall–Kier alpha value is -3.45. The summed E-state index contributed by atoms with van der Waals surface area (Å²) >= 11 is 1.35. The second-order valence-corrected chi connectivity index (χ2v) is 7.23. The van der Waals surface area contributed by atoms with Crippen molar-refractivity contribution in [3.63, 3.8) is 0 Å². The number of allylic oxidation sites excluding steroid dienone is 1. The van der Waals surface area contributed by atoms with Gasteiger partial charge in [-0.1, -0.05) is 41.7 Å². The van der Waals surface area contributed by atoms with Crippen LogP contribution in [0.3, 0.4) is 0 Å². The van der Waals surface area contributed by atoms with Gasteiger partial charge in [0.15, 0.2) is 4.80 Å². The molecule has 29 heavy (non-hydrogen) atoms. The highest BCUT2D eigenvalue weighted by Gasteiger charge is 2.16. The third kappa shape index (κ3) is 3.52. The molecule has 0 aliphatic rings. The van der Waals surface area contributed by atoms with Crippen molar-refractivity contribution >= 4 is 38.4 Å². The van der Waals surface area contributed by atoms with Gasteiger partial charge in [0, 0.05) is 11.9 Å². The second kappa shape index (κ2) is 7.89. The average Bonchev–Trinajstić information content (AvgIpc) is 3.06. The predicted molar refractivity (Wildman–Crippen MR) is 114 cm³/mol. The van der Waals surface area contributed by atoms with Crippen LogP contribution >= 0.6 is 11.3 Å². The van der Waals surface area contributed by atoms with E-state index in [0.717, 1.165) is 10.2 Å². The first-order valence-corrected chi connectivity index (χ1v) is 9.92. The molecule has 4 rings (SSSR count). The largest absolute Gasteiger partial charge is 0.492 e. The molecular formula is C22H18N2O4S. The van der Waals surface area contributed by atoms with E-state index in [0.29, 0.717) is 34.7 Å². The number of hydrogen-bond donors (Lipinski definition) is 0. The minimum atomic E-state index is -0.705. The molecule has 2 aromatic carbocycles. The molecule has 0 radical (unpaired) electrons. The molecule has 0 aliphatic heterocycles. The van der Waals surface area contributed by atoms with E-state index in [1.54, 1.807) is 24.3 Å². The summed E-state index contributed by atoms with van der Waals surface area (Å²) in [6.07, 6.45) is 1.72. The SMILES string of the molecule is C=CCn1c(=NC(=O)c2cc3ccccc3oc2=O)sc2cccc(OCC)c21. The van der Waals surface area contributed by atoms with E-state index >= 15 is 0 Å². The minimum Gasteiger partial charge on any atom is -0.492 e. The van der Waals surface area contributed by atoms with Crippen molar-refractivity contribution in [1.29, 1.82) is 0 Å².